The molecule has 2 aromatic rings. The van der Waals surface area contributed by atoms with Gasteiger partial charge >= 0.3 is 6.09 Å². The lowest BCUT2D eigenvalue weighted by atomic mass is 10.2. The Bertz CT molecular complexity index is 772. The molecule has 0 aliphatic rings. The molecule has 1 amide bonds. The topological polar surface area (TPSA) is 97.4 Å². The normalized spacial score (nSPS) is 10.6. The highest BCUT2D eigenvalue weighted by atomic mass is 16.6. The average Bonchev–Trinajstić information content (AvgIpc) is 2.49. The molecule has 2 rings (SSSR count). The zero-order chi connectivity index (χ0) is 17.7. The first-order chi connectivity index (χ1) is 11.3. The molecule has 24 heavy (non-hydrogen) atoms. The molecule has 6 heteroatoms. The smallest absolute Gasteiger partial charge is 0.412 e. The van der Waals surface area contributed by atoms with Crippen molar-refractivity contribution in [3.8, 4) is 17.6 Å². The van der Waals surface area contributed by atoms with E-state index >= 15 is 0 Å². The molecular weight excluding hydrogens is 306 g/mol. The van der Waals surface area contributed by atoms with Gasteiger partial charge in [0, 0.05) is 17.4 Å². The average molecular weight is 325 g/mol. The summed E-state index contributed by atoms with van der Waals surface area (Å²) in [6, 6.07) is 13.7. The van der Waals surface area contributed by atoms with Gasteiger partial charge in [0.25, 0.3) is 0 Å². The Balaban J connectivity index is 2.02. The van der Waals surface area contributed by atoms with Gasteiger partial charge in [-0.3, -0.25) is 5.32 Å². The molecule has 6 nitrogen and oxygen atoms in total. The van der Waals surface area contributed by atoms with Crippen molar-refractivity contribution < 1.29 is 14.3 Å². The molecule has 0 aliphatic heterocycles. The van der Waals surface area contributed by atoms with Crippen LogP contribution in [0.3, 0.4) is 0 Å². The molecule has 0 saturated carbocycles. The molecule has 0 spiro atoms. The Kier molecular flexibility index (Phi) is 4.95. The van der Waals surface area contributed by atoms with Crippen LogP contribution in [0.4, 0.5) is 16.2 Å². The van der Waals surface area contributed by atoms with Crippen molar-refractivity contribution in [1.29, 1.82) is 5.26 Å². The number of hydrogen-bond donors (Lipinski definition) is 2. The molecule has 0 fully saturated rings. The highest BCUT2D eigenvalue weighted by Gasteiger charge is 2.16. The van der Waals surface area contributed by atoms with Crippen molar-refractivity contribution in [3.05, 3.63) is 48.0 Å². The highest BCUT2D eigenvalue weighted by molar-refractivity contribution is 5.84. The number of carbonyl (C=O) groups is 1. The van der Waals surface area contributed by atoms with E-state index in [1.807, 2.05) is 6.07 Å². The summed E-state index contributed by atoms with van der Waals surface area (Å²) in [6.45, 7) is 5.39. The minimum absolute atomic E-state index is 0.357. The maximum atomic E-state index is 11.7. The van der Waals surface area contributed by atoms with Crippen LogP contribution in [0.2, 0.25) is 0 Å². The van der Waals surface area contributed by atoms with E-state index < -0.39 is 11.7 Å². The second kappa shape index (κ2) is 6.92. The van der Waals surface area contributed by atoms with Gasteiger partial charge in [0.05, 0.1) is 5.56 Å². The van der Waals surface area contributed by atoms with Crippen molar-refractivity contribution in [2.45, 2.75) is 26.4 Å². The van der Waals surface area contributed by atoms with Crippen molar-refractivity contribution in [3.63, 3.8) is 0 Å². The summed E-state index contributed by atoms with van der Waals surface area (Å²) in [5.74, 6) is 1.08. The Morgan fingerprint density at radius 2 is 1.75 bits per heavy atom. The number of benzene rings is 2. The third kappa shape index (κ3) is 4.92. The number of hydrogen-bond acceptors (Lipinski definition) is 5. The van der Waals surface area contributed by atoms with E-state index in [1.165, 1.54) is 0 Å². The van der Waals surface area contributed by atoms with Crippen molar-refractivity contribution >= 4 is 17.5 Å². The molecule has 3 N–H and O–H groups in total. The molecule has 124 valence electrons. The number of nitrogens with zero attached hydrogens (tertiary/aromatic N) is 1. The summed E-state index contributed by atoms with van der Waals surface area (Å²) < 4.78 is 10.8. The standard InChI is InChI=1S/C18H19N3O3/c1-18(2,3)24-17(22)21-13-4-6-14(7-5-13)23-15-8-9-16(20)12(10-15)11-19/h4-10H,20H2,1-3H3,(H,21,22). The fraction of sp³-hybridized carbons (Fsp3) is 0.222. The number of carbonyl (C=O) groups excluding carboxylic acids is 1. The number of nitrogen functional groups attached to an aromatic ring is 1. The summed E-state index contributed by atoms with van der Waals surface area (Å²) in [5, 5.41) is 11.6. The quantitative estimate of drug-likeness (QED) is 0.821. The number of nitrogens with two attached hydrogens (primary N) is 1. The van der Waals surface area contributed by atoms with E-state index in [4.69, 9.17) is 20.5 Å². The molecular formula is C18H19N3O3. The van der Waals surface area contributed by atoms with Crippen LogP contribution in [-0.2, 0) is 4.74 Å². The Morgan fingerprint density at radius 3 is 2.33 bits per heavy atom. The van der Waals surface area contributed by atoms with Gasteiger partial charge in [-0.25, -0.2) is 4.79 Å². The molecule has 0 atom stereocenters. The van der Waals surface area contributed by atoms with Crippen LogP contribution in [0.5, 0.6) is 11.5 Å². The molecule has 0 unspecified atom stereocenters. The molecule has 0 radical (unpaired) electrons. The summed E-state index contributed by atoms with van der Waals surface area (Å²) in [4.78, 5) is 11.7. The first kappa shape index (κ1) is 17.2. The second-order valence-corrected chi connectivity index (χ2v) is 6.11. The van der Waals surface area contributed by atoms with E-state index in [9.17, 15) is 4.79 Å². The van der Waals surface area contributed by atoms with Crippen LogP contribution in [-0.4, -0.2) is 11.7 Å². The fourth-order valence-corrected chi connectivity index (χ4v) is 1.86. The van der Waals surface area contributed by atoms with Crippen molar-refractivity contribution in [2.75, 3.05) is 11.1 Å². The lowest BCUT2D eigenvalue weighted by Gasteiger charge is -2.19. The predicted octanol–water partition coefficient (Wildman–Crippen LogP) is 4.28. The molecule has 0 aliphatic carbocycles. The van der Waals surface area contributed by atoms with E-state index in [0.29, 0.717) is 28.4 Å². The van der Waals surface area contributed by atoms with Gasteiger partial charge in [0.1, 0.15) is 23.2 Å². The Hall–Kier alpha value is -3.20. The SMILES string of the molecule is CC(C)(C)OC(=O)Nc1ccc(Oc2ccc(N)c(C#N)c2)cc1. The zero-order valence-electron chi connectivity index (χ0n) is 13.8. The summed E-state index contributed by atoms with van der Waals surface area (Å²) in [6.07, 6.45) is -0.520. The largest absolute Gasteiger partial charge is 0.457 e. The van der Waals surface area contributed by atoms with Crippen LogP contribution in [0.25, 0.3) is 0 Å². The monoisotopic (exact) mass is 325 g/mol. The zero-order valence-corrected chi connectivity index (χ0v) is 13.8. The summed E-state index contributed by atoms with van der Waals surface area (Å²) >= 11 is 0. The Morgan fingerprint density at radius 1 is 1.12 bits per heavy atom. The van der Waals surface area contributed by atoms with E-state index in [0.717, 1.165) is 0 Å². The Labute approximate surface area is 140 Å². The number of rotatable bonds is 3. The molecule has 0 bridgehead atoms. The van der Waals surface area contributed by atoms with E-state index in [-0.39, 0.29) is 0 Å². The van der Waals surface area contributed by atoms with Gasteiger partial charge < -0.3 is 15.2 Å². The first-order valence-corrected chi connectivity index (χ1v) is 7.34. The predicted molar refractivity (Wildman–Crippen MR) is 91.9 cm³/mol. The second-order valence-electron chi connectivity index (χ2n) is 6.11. The molecule has 0 aromatic heterocycles. The maximum Gasteiger partial charge on any atom is 0.412 e. The number of nitriles is 1. The van der Waals surface area contributed by atoms with Crippen LogP contribution in [0, 0.1) is 11.3 Å². The summed E-state index contributed by atoms with van der Waals surface area (Å²) in [5.41, 5.74) is 6.47. The lowest BCUT2D eigenvalue weighted by Crippen LogP contribution is -2.27. The molecule has 0 heterocycles. The number of nitrogens with one attached hydrogen (secondary N) is 1. The van der Waals surface area contributed by atoms with E-state index in [1.54, 1.807) is 63.2 Å². The number of ether oxygens (including phenoxy) is 2. The third-order valence-corrected chi connectivity index (χ3v) is 2.88. The number of anilines is 2. The van der Waals surface area contributed by atoms with Crippen LogP contribution >= 0.6 is 0 Å². The van der Waals surface area contributed by atoms with Crippen LogP contribution < -0.4 is 15.8 Å². The minimum Gasteiger partial charge on any atom is -0.457 e. The minimum atomic E-state index is -0.555. The van der Waals surface area contributed by atoms with Gasteiger partial charge in [-0.1, -0.05) is 0 Å². The van der Waals surface area contributed by atoms with Gasteiger partial charge in [0.15, 0.2) is 0 Å². The summed E-state index contributed by atoms with van der Waals surface area (Å²) in [7, 11) is 0. The van der Waals surface area contributed by atoms with Gasteiger partial charge in [-0.2, -0.15) is 5.26 Å². The highest BCUT2D eigenvalue weighted by Crippen LogP contribution is 2.26. The number of amides is 1. The fourth-order valence-electron chi connectivity index (χ4n) is 1.86. The molecule has 0 saturated heterocycles. The van der Waals surface area contributed by atoms with Gasteiger partial charge in [0.2, 0.25) is 0 Å². The lowest BCUT2D eigenvalue weighted by molar-refractivity contribution is 0.0636. The van der Waals surface area contributed by atoms with E-state index in [2.05, 4.69) is 5.32 Å². The van der Waals surface area contributed by atoms with Crippen LogP contribution in [0.1, 0.15) is 26.3 Å². The third-order valence-electron chi connectivity index (χ3n) is 2.88. The first-order valence-electron chi connectivity index (χ1n) is 7.34. The van der Waals surface area contributed by atoms with Crippen molar-refractivity contribution in [2.24, 2.45) is 0 Å². The van der Waals surface area contributed by atoms with Crippen molar-refractivity contribution in [1.82, 2.24) is 0 Å². The van der Waals surface area contributed by atoms with Gasteiger partial charge in [-0.15, -0.1) is 0 Å². The van der Waals surface area contributed by atoms with Gasteiger partial charge in [-0.05, 0) is 57.2 Å². The van der Waals surface area contributed by atoms with Crippen LogP contribution in [0.15, 0.2) is 42.5 Å². The maximum absolute atomic E-state index is 11.7. The molecule has 2 aromatic carbocycles.